The van der Waals surface area contributed by atoms with Crippen molar-refractivity contribution in [3.63, 3.8) is 0 Å². The molecule has 0 aliphatic heterocycles. The van der Waals surface area contributed by atoms with Crippen LogP contribution in [0.4, 0.5) is 0 Å². The van der Waals surface area contributed by atoms with Gasteiger partial charge in [0, 0.05) is 0 Å². The number of hydrogen-bond donors (Lipinski definition) is 0. The molecule has 0 radical (unpaired) electrons. The summed E-state index contributed by atoms with van der Waals surface area (Å²) in [5, 5.41) is 12.1. The Morgan fingerprint density at radius 1 is 1.60 bits per heavy atom. The fourth-order valence-electron chi connectivity index (χ4n) is 1.31. The predicted molar refractivity (Wildman–Crippen MR) is 55.5 cm³/mol. The van der Waals surface area contributed by atoms with E-state index in [1.54, 1.807) is 0 Å². The van der Waals surface area contributed by atoms with Crippen LogP contribution in [0.2, 0.25) is 0 Å². The van der Waals surface area contributed by atoms with Gasteiger partial charge in [0.25, 0.3) is 0 Å². The summed E-state index contributed by atoms with van der Waals surface area (Å²) in [4.78, 5) is 0. The maximum absolute atomic E-state index is 10.7. The van der Waals surface area contributed by atoms with Crippen molar-refractivity contribution in [3.8, 4) is 6.07 Å². The van der Waals surface area contributed by atoms with E-state index in [2.05, 4.69) is 9.44 Å². The lowest BCUT2D eigenvalue weighted by Gasteiger charge is -2.09. The first kappa shape index (κ1) is 11.7. The third-order valence-corrected chi connectivity index (χ3v) is 2.31. The van der Waals surface area contributed by atoms with Gasteiger partial charge in [-0.15, -0.1) is 0 Å². The van der Waals surface area contributed by atoms with Crippen LogP contribution in [0.15, 0.2) is 16.8 Å². The molecule has 0 aromatic carbocycles. The van der Waals surface area contributed by atoms with Crippen LogP contribution in [-0.2, 0) is 14.4 Å². The Morgan fingerprint density at radius 2 is 2.33 bits per heavy atom. The maximum atomic E-state index is 10.7. The molecule has 0 saturated heterocycles. The highest BCUT2D eigenvalue weighted by atomic mass is 32.2. The third-order valence-electron chi connectivity index (χ3n) is 1.96. The summed E-state index contributed by atoms with van der Waals surface area (Å²) < 4.78 is 25.6. The fraction of sp³-hybridized carbons (Fsp3) is 0.556. The second-order valence-corrected chi connectivity index (χ2v) is 4.86. The topological polar surface area (TPSA) is 79.5 Å². The van der Waals surface area contributed by atoms with E-state index in [0.29, 0.717) is 0 Å². The summed E-state index contributed by atoms with van der Waals surface area (Å²) in [6, 6.07) is 1.84. The van der Waals surface area contributed by atoms with Gasteiger partial charge in [-0.3, -0.25) is 4.28 Å². The van der Waals surface area contributed by atoms with Gasteiger partial charge in [0.2, 0.25) is 0 Å². The van der Waals surface area contributed by atoms with Crippen molar-refractivity contribution in [2.45, 2.75) is 25.7 Å². The quantitative estimate of drug-likeness (QED) is 0.539. The van der Waals surface area contributed by atoms with Crippen molar-refractivity contribution in [1.29, 1.82) is 5.26 Å². The van der Waals surface area contributed by atoms with Crippen molar-refractivity contribution < 1.29 is 12.7 Å². The van der Waals surface area contributed by atoms with Crippen LogP contribution < -0.4 is 0 Å². The highest BCUT2D eigenvalue weighted by Gasteiger charge is 2.11. The molecule has 0 bridgehead atoms. The smallest absolute Gasteiger partial charge is 0.267 e. The van der Waals surface area contributed by atoms with Crippen LogP contribution in [0, 0.1) is 11.3 Å². The van der Waals surface area contributed by atoms with Gasteiger partial charge >= 0.3 is 10.1 Å². The molecule has 0 saturated carbocycles. The number of hydrogen-bond acceptors (Lipinski definition) is 5. The lowest BCUT2D eigenvalue weighted by molar-refractivity contribution is 0.343. The molecule has 5 nitrogen and oxygen atoms in total. The summed E-state index contributed by atoms with van der Waals surface area (Å²) in [6.45, 7) is 0. The van der Waals surface area contributed by atoms with Crippen LogP contribution in [0.5, 0.6) is 0 Å². The Morgan fingerprint density at radius 3 is 2.80 bits per heavy atom. The van der Waals surface area contributed by atoms with Crippen molar-refractivity contribution in [1.82, 2.24) is 0 Å². The van der Waals surface area contributed by atoms with E-state index in [0.717, 1.165) is 37.5 Å². The molecule has 0 aromatic heterocycles. The molecule has 0 spiro atoms. The van der Waals surface area contributed by atoms with Gasteiger partial charge in [-0.25, -0.2) is 0 Å². The summed E-state index contributed by atoms with van der Waals surface area (Å²) in [5.41, 5.74) is 0.826. The molecule has 1 aliphatic rings. The van der Waals surface area contributed by atoms with E-state index in [9.17, 15) is 8.42 Å². The molecule has 0 unspecified atom stereocenters. The SMILES string of the molecule is CS(=O)(=O)ON=C(C#N)C1=CCCCC1. The number of nitriles is 1. The molecule has 0 aromatic rings. The van der Waals surface area contributed by atoms with Gasteiger partial charge < -0.3 is 0 Å². The first-order chi connectivity index (χ1) is 7.03. The number of oxime groups is 1. The van der Waals surface area contributed by atoms with Crippen molar-refractivity contribution >= 4 is 15.8 Å². The second kappa shape index (κ2) is 4.94. The number of rotatable bonds is 3. The molecule has 1 rings (SSSR count). The molecular formula is C9H12N2O3S. The molecular weight excluding hydrogens is 216 g/mol. The molecule has 1 aliphatic carbocycles. The van der Waals surface area contributed by atoms with Crippen molar-refractivity contribution in [2.24, 2.45) is 5.16 Å². The summed E-state index contributed by atoms with van der Waals surface area (Å²) in [6.07, 6.45) is 6.52. The van der Waals surface area contributed by atoms with Crippen LogP contribution in [0.1, 0.15) is 25.7 Å². The van der Waals surface area contributed by atoms with Crippen LogP contribution in [0.25, 0.3) is 0 Å². The average molecular weight is 228 g/mol. The van der Waals surface area contributed by atoms with E-state index >= 15 is 0 Å². The lowest BCUT2D eigenvalue weighted by atomic mass is 9.97. The molecule has 0 heterocycles. The fourth-order valence-corrected chi connectivity index (χ4v) is 1.52. The van der Waals surface area contributed by atoms with Crippen molar-refractivity contribution in [2.75, 3.05) is 6.26 Å². The normalized spacial score (nSPS) is 17.9. The largest absolute Gasteiger partial charge is 0.325 e. The van der Waals surface area contributed by atoms with Gasteiger partial charge in [0.05, 0.1) is 6.26 Å². The Kier molecular flexibility index (Phi) is 3.86. The highest BCUT2D eigenvalue weighted by molar-refractivity contribution is 7.85. The number of allylic oxidation sites excluding steroid dienone is 2. The van der Waals surface area contributed by atoms with Gasteiger partial charge in [0.15, 0.2) is 5.71 Å². The van der Waals surface area contributed by atoms with Crippen molar-refractivity contribution in [3.05, 3.63) is 11.6 Å². The molecule has 0 fully saturated rings. The minimum Gasteiger partial charge on any atom is -0.267 e. The second-order valence-electron chi connectivity index (χ2n) is 3.31. The van der Waals surface area contributed by atoms with E-state index in [4.69, 9.17) is 5.26 Å². The predicted octanol–water partition coefficient (Wildman–Crippen LogP) is 1.34. The zero-order valence-corrected chi connectivity index (χ0v) is 9.25. The number of nitrogens with zero attached hydrogens (tertiary/aromatic N) is 2. The Labute approximate surface area is 89.2 Å². The standard InChI is InChI=1S/C9H12N2O3S/c1-15(12,13)14-11-9(7-10)8-5-3-2-4-6-8/h5H,2-4,6H2,1H3. The van der Waals surface area contributed by atoms with E-state index in [-0.39, 0.29) is 5.71 Å². The van der Waals surface area contributed by atoms with Crippen LogP contribution >= 0.6 is 0 Å². The molecule has 6 heteroatoms. The van der Waals surface area contributed by atoms with Gasteiger partial charge in [0.1, 0.15) is 6.07 Å². The first-order valence-corrected chi connectivity index (χ1v) is 6.41. The van der Waals surface area contributed by atoms with Crippen LogP contribution in [-0.4, -0.2) is 20.4 Å². The Balaban J connectivity index is 2.80. The zero-order chi connectivity index (χ0) is 11.3. The summed E-state index contributed by atoms with van der Waals surface area (Å²) in [7, 11) is -3.63. The lowest BCUT2D eigenvalue weighted by Crippen LogP contribution is -2.06. The molecule has 0 atom stereocenters. The van der Waals surface area contributed by atoms with Gasteiger partial charge in [-0.2, -0.15) is 13.7 Å². The van der Waals surface area contributed by atoms with E-state index in [1.165, 1.54) is 0 Å². The molecule has 0 amide bonds. The highest BCUT2D eigenvalue weighted by Crippen LogP contribution is 2.18. The Bertz CT molecular complexity index is 429. The zero-order valence-electron chi connectivity index (χ0n) is 8.43. The maximum Gasteiger partial charge on any atom is 0.325 e. The monoisotopic (exact) mass is 228 g/mol. The minimum atomic E-state index is -3.63. The molecule has 0 N–H and O–H groups in total. The van der Waals surface area contributed by atoms with Gasteiger partial charge in [-0.1, -0.05) is 11.2 Å². The van der Waals surface area contributed by atoms with Crippen LogP contribution in [0.3, 0.4) is 0 Å². The Hall–Kier alpha value is -1.35. The first-order valence-electron chi connectivity index (χ1n) is 4.59. The summed E-state index contributed by atoms with van der Waals surface area (Å²) in [5.74, 6) is 0. The average Bonchev–Trinajstić information content (AvgIpc) is 2.19. The third kappa shape index (κ3) is 4.13. The van der Waals surface area contributed by atoms with Gasteiger partial charge in [-0.05, 0) is 31.3 Å². The minimum absolute atomic E-state index is 0.0557. The van der Waals surface area contributed by atoms with E-state index in [1.807, 2.05) is 12.1 Å². The molecule has 82 valence electrons. The summed E-state index contributed by atoms with van der Waals surface area (Å²) >= 11 is 0. The van der Waals surface area contributed by atoms with E-state index < -0.39 is 10.1 Å². The molecule has 15 heavy (non-hydrogen) atoms.